The molecule has 0 radical (unpaired) electrons. The first-order chi connectivity index (χ1) is 17.0. The fraction of sp³-hybridized carbons (Fsp3) is 0.385. The lowest BCUT2D eigenvalue weighted by Crippen LogP contribution is -2.25. The molecule has 188 valence electrons. The molecule has 5 rings (SSSR count). The van der Waals surface area contributed by atoms with Crippen molar-refractivity contribution in [1.29, 1.82) is 0 Å². The number of aliphatic imine (C=N–C) groups is 1. The second-order valence-corrected chi connectivity index (χ2v) is 11.8. The molecule has 2 aliphatic rings. The van der Waals surface area contributed by atoms with Gasteiger partial charge in [0.2, 0.25) is 10.0 Å². The number of nitrogens with one attached hydrogen (secondary N) is 1. The third-order valence-corrected chi connectivity index (χ3v) is 8.01. The van der Waals surface area contributed by atoms with Gasteiger partial charge < -0.3 is 9.88 Å². The largest absolute Gasteiger partial charge is 0.352 e. The lowest BCUT2D eigenvalue weighted by atomic mass is 10.1. The minimum atomic E-state index is -3.54. The predicted octanol–water partition coefficient (Wildman–Crippen LogP) is 4.10. The van der Waals surface area contributed by atoms with E-state index in [4.69, 9.17) is 4.98 Å². The zero-order valence-electron chi connectivity index (χ0n) is 21.2. The summed E-state index contributed by atoms with van der Waals surface area (Å²) in [5.74, 6) is 1.12. The molecule has 1 saturated carbocycles. The summed E-state index contributed by atoms with van der Waals surface area (Å²) in [5, 5.41) is 3.41. The molecule has 3 heterocycles. The highest BCUT2D eigenvalue weighted by Gasteiger charge is 2.30. The maximum atomic E-state index is 12.5. The Morgan fingerprint density at radius 3 is 2.58 bits per heavy atom. The van der Waals surface area contributed by atoms with Crippen LogP contribution < -0.4 is 9.62 Å². The number of ketones is 1. The van der Waals surface area contributed by atoms with E-state index in [0.717, 1.165) is 47.0 Å². The molecule has 2 aromatic heterocycles. The summed E-state index contributed by atoms with van der Waals surface area (Å²) in [6.45, 7) is 3.92. The Morgan fingerprint density at radius 1 is 1.19 bits per heavy atom. The summed E-state index contributed by atoms with van der Waals surface area (Å²) in [7, 11) is -0.0844. The van der Waals surface area contributed by atoms with Crippen molar-refractivity contribution in [2.24, 2.45) is 18.0 Å². The second-order valence-electron chi connectivity index (χ2n) is 9.77. The van der Waals surface area contributed by atoms with E-state index in [2.05, 4.69) is 15.3 Å². The zero-order chi connectivity index (χ0) is 25.8. The minimum absolute atomic E-state index is 0.159. The van der Waals surface area contributed by atoms with Crippen LogP contribution in [-0.2, 0) is 34.7 Å². The van der Waals surface area contributed by atoms with E-state index < -0.39 is 10.0 Å². The molecule has 0 bridgehead atoms. The van der Waals surface area contributed by atoms with Gasteiger partial charge in [0.1, 0.15) is 17.3 Å². The molecular weight excluding hydrogens is 476 g/mol. The van der Waals surface area contributed by atoms with Crippen LogP contribution >= 0.6 is 0 Å². The van der Waals surface area contributed by atoms with E-state index in [1.807, 2.05) is 49.7 Å². The van der Waals surface area contributed by atoms with Crippen molar-refractivity contribution in [2.75, 3.05) is 22.9 Å². The molecule has 1 N–H and O–H groups in total. The highest BCUT2D eigenvalue weighted by molar-refractivity contribution is 7.92. The van der Waals surface area contributed by atoms with Crippen molar-refractivity contribution in [3.63, 3.8) is 0 Å². The van der Waals surface area contributed by atoms with Crippen LogP contribution in [-0.4, -0.2) is 47.8 Å². The number of Topliss-reactive ketones (excluding diaryl/α,β-unsaturated/α-hetero) is 1. The van der Waals surface area contributed by atoms with Gasteiger partial charge in [-0.15, -0.1) is 0 Å². The summed E-state index contributed by atoms with van der Waals surface area (Å²) in [6, 6.07) is 7.45. The fourth-order valence-electron chi connectivity index (χ4n) is 4.41. The molecule has 9 nitrogen and oxygen atoms in total. The lowest BCUT2D eigenvalue weighted by molar-refractivity contribution is -0.119. The molecule has 1 fully saturated rings. The van der Waals surface area contributed by atoms with Gasteiger partial charge in [-0.05, 0) is 51.0 Å². The Kier molecular flexibility index (Phi) is 5.94. The van der Waals surface area contributed by atoms with Crippen LogP contribution in [0.4, 0.5) is 22.7 Å². The Labute approximate surface area is 211 Å². The van der Waals surface area contributed by atoms with Crippen molar-refractivity contribution >= 4 is 44.3 Å². The summed E-state index contributed by atoms with van der Waals surface area (Å²) in [6.07, 6.45) is 5.79. The number of fused-ring (bicyclic) bond motifs is 1. The maximum absolute atomic E-state index is 12.5. The third-order valence-electron chi connectivity index (χ3n) is 6.81. The number of hydrogen-bond acceptors (Lipinski definition) is 7. The van der Waals surface area contributed by atoms with Crippen LogP contribution in [0, 0.1) is 12.8 Å². The van der Waals surface area contributed by atoms with Crippen molar-refractivity contribution in [3.05, 3.63) is 47.5 Å². The number of rotatable bonds is 8. The van der Waals surface area contributed by atoms with Gasteiger partial charge in [0, 0.05) is 56.0 Å². The van der Waals surface area contributed by atoms with Crippen molar-refractivity contribution in [2.45, 2.75) is 39.5 Å². The van der Waals surface area contributed by atoms with Crippen LogP contribution in [0.25, 0.3) is 11.4 Å². The first kappa shape index (κ1) is 24.2. The number of benzene rings is 1. The third kappa shape index (κ3) is 4.65. The van der Waals surface area contributed by atoms with Gasteiger partial charge in [0.25, 0.3) is 0 Å². The second kappa shape index (κ2) is 8.85. The molecule has 1 aliphatic carbocycles. The average Bonchev–Trinajstić information content (AvgIpc) is 3.52. The molecule has 0 amide bonds. The normalized spacial score (nSPS) is 15.0. The molecule has 0 unspecified atom stereocenters. The zero-order valence-corrected chi connectivity index (χ0v) is 22.0. The van der Waals surface area contributed by atoms with Crippen molar-refractivity contribution < 1.29 is 13.2 Å². The van der Waals surface area contributed by atoms with Gasteiger partial charge in [0.05, 0.1) is 34.7 Å². The molecule has 0 spiro atoms. The number of imidazole rings is 1. The van der Waals surface area contributed by atoms with E-state index in [1.165, 1.54) is 17.6 Å². The molecule has 36 heavy (non-hydrogen) atoms. The number of carbonyl (C=O) groups is 1. The topological polar surface area (TPSA) is 110 Å². The van der Waals surface area contributed by atoms with Crippen molar-refractivity contribution in [3.8, 4) is 11.4 Å². The monoisotopic (exact) mass is 506 g/mol. The number of carbonyl (C=O) groups excluding carboxylic acids is 1. The Bertz CT molecular complexity index is 1520. The summed E-state index contributed by atoms with van der Waals surface area (Å²) < 4.78 is 28.3. The molecule has 1 aliphatic heterocycles. The Hall–Kier alpha value is -3.53. The number of aryl methyl sites for hydroxylation is 1. The van der Waals surface area contributed by atoms with Gasteiger partial charge >= 0.3 is 0 Å². The number of nitrogens with zero attached hydrogens (tertiary/aromatic N) is 5. The molecule has 1 aromatic carbocycles. The number of anilines is 3. The summed E-state index contributed by atoms with van der Waals surface area (Å²) >= 11 is 0. The Morgan fingerprint density at radius 2 is 1.94 bits per heavy atom. The smallest absolute Gasteiger partial charge is 0.232 e. The summed E-state index contributed by atoms with van der Waals surface area (Å²) in [4.78, 5) is 26.4. The lowest BCUT2D eigenvalue weighted by Gasteiger charge is -2.23. The quantitative estimate of drug-likeness (QED) is 0.493. The van der Waals surface area contributed by atoms with Crippen LogP contribution in [0.15, 0.2) is 35.5 Å². The predicted molar refractivity (Wildman–Crippen MR) is 142 cm³/mol. The van der Waals surface area contributed by atoms with Crippen LogP contribution in [0.2, 0.25) is 0 Å². The number of hydrogen-bond donors (Lipinski definition) is 1. The van der Waals surface area contributed by atoms with Gasteiger partial charge in [0.15, 0.2) is 0 Å². The highest BCUT2D eigenvalue weighted by atomic mass is 32.2. The van der Waals surface area contributed by atoms with Gasteiger partial charge in [-0.1, -0.05) is 0 Å². The minimum Gasteiger partial charge on any atom is -0.352 e. The highest BCUT2D eigenvalue weighted by Crippen LogP contribution is 2.40. The van der Waals surface area contributed by atoms with E-state index in [-0.39, 0.29) is 11.7 Å². The number of aromatic nitrogens is 3. The van der Waals surface area contributed by atoms with E-state index in [9.17, 15) is 13.2 Å². The maximum Gasteiger partial charge on any atom is 0.232 e. The molecular formula is C26H30N6O3S. The standard InChI is InChI=1S/C26H30N6O3S/c1-15-10-21-25(28-15)22(12-19(29-21)13-24(33)17-6-7-17)30-20-9-8-18(26-27-14-16(2)31(26)3)11-23(20)32(4)36(5,34)35/h8-9,11-12,14,17H,6-7,10,13H2,1-5H3,(H,29,30). The van der Waals surface area contributed by atoms with Gasteiger partial charge in [-0.25, -0.2) is 13.4 Å². The molecule has 3 aromatic rings. The summed E-state index contributed by atoms with van der Waals surface area (Å²) in [5.41, 5.74) is 6.79. The average molecular weight is 507 g/mol. The van der Waals surface area contributed by atoms with E-state index >= 15 is 0 Å². The fourth-order valence-corrected chi connectivity index (χ4v) is 4.92. The van der Waals surface area contributed by atoms with Gasteiger partial charge in [-0.3, -0.25) is 19.1 Å². The van der Waals surface area contributed by atoms with E-state index in [0.29, 0.717) is 35.6 Å². The number of sulfonamides is 1. The molecule has 0 atom stereocenters. The van der Waals surface area contributed by atoms with Crippen LogP contribution in [0.1, 0.15) is 36.8 Å². The molecule has 10 heteroatoms. The van der Waals surface area contributed by atoms with E-state index in [1.54, 1.807) is 6.20 Å². The first-order valence-corrected chi connectivity index (χ1v) is 13.8. The SMILES string of the molecule is CC1=Nc2c(Nc3ccc(-c4ncc(C)n4C)cc3N(C)S(C)(=O)=O)cc(CC(=O)C3CC3)nc2C1. The number of pyridine rings is 1. The van der Waals surface area contributed by atoms with Crippen molar-refractivity contribution in [1.82, 2.24) is 14.5 Å². The van der Waals surface area contributed by atoms with Crippen LogP contribution in [0.3, 0.4) is 0 Å². The van der Waals surface area contributed by atoms with Crippen LogP contribution in [0.5, 0.6) is 0 Å². The first-order valence-electron chi connectivity index (χ1n) is 11.9. The Balaban J connectivity index is 1.58. The van der Waals surface area contributed by atoms with Gasteiger partial charge in [-0.2, -0.15) is 0 Å². The molecule has 0 saturated heterocycles.